The van der Waals surface area contributed by atoms with Gasteiger partial charge in [-0.1, -0.05) is 37.6 Å². The first-order valence-electron chi connectivity index (χ1n) is 4.64. The summed E-state index contributed by atoms with van der Waals surface area (Å²) in [6.07, 6.45) is 12.0. The molecular formula is C13H24Pt. The number of rotatable bonds is 1. The van der Waals surface area contributed by atoms with Gasteiger partial charge in [-0.25, -0.2) is 0 Å². The van der Waals surface area contributed by atoms with Crippen molar-refractivity contribution in [2.75, 3.05) is 0 Å². The van der Waals surface area contributed by atoms with Gasteiger partial charge < -0.3 is 14.9 Å². The molecule has 0 amide bonds. The summed E-state index contributed by atoms with van der Waals surface area (Å²) in [5.74, 6) is 0.751. The SMILES string of the molecule is CC(C)/C1=C/CC/C=C\CC1.[CH3-].[CH3-].[Pt+2]. The molecule has 0 N–H and O–H groups in total. The van der Waals surface area contributed by atoms with Gasteiger partial charge in [-0.15, -0.1) is 0 Å². The average molecular weight is 375 g/mol. The summed E-state index contributed by atoms with van der Waals surface area (Å²) in [7, 11) is 0. The Morgan fingerprint density at radius 1 is 1.00 bits per heavy atom. The molecule has 0 nitrogen and oxygen atoms in total. The van der Waals surface area contributed by atoms with Crippen molar-refractivity contribution in [2.24, 2.45) is 5.92 Å². The molecule has 0 heterocycles. The summed E-state index contributed by atoms with van der Waals surface area (Å²) in [6, 6.07) is 0. The van der Waals surface area contributed by atoms with E-state index < -0.39 is 0 Å². The van der Waals surface area contributed by atoms with Crippen molar-refractivity contribution in [1.29, 1.82) is 0 Å². The van der Waals surface area contributed by atoms with Crippen LogP contribution in [0.4, 0.5) is 0 Å². The van der Waals surface area contributed by atoms with Crippen LogP contribution in [0.1, 0.15) is 39.5 Å². The van der Waals surface area contributed by atoms with Crippen molar-refractivity contribution >= 4 is 0 Å². The largest absolute Gasteiger partial charge is 2.00 e. The van der Waals surface area contributed by atoms with Gasteiger partial charge in [0, 0.05) is 0 Å². The molecule has 0 atom stereocenters. The van der Waals surface area contributed by atoms with Crippen molar-refractivity contribution in [3.05, 3.63) is 38.7 Å². The van der Waals surface area contributed by atoms with Crippen LogP contribution < -0.4 is 0 Å². The second-order valence-electron chi connectivity index (χ2n) is 3.52. The Bertz CT molecular complexity index is 166. The Balaban J connectivity index is -0.000000403. The van der Waals surface area contributed by atoms with Crippen molar-refractivity contribution in [1.82, 2.24) is 0 Å². The third-order valence-electron chi connectivity index (χ3n) is 2.25. The zero-order chi connectivity index (χ0) is 8.10. The molecule has 1 aliphatic carbocycles. The summed E-state index contributed by atoms with van der Waals surface area (Å²) < 4.78 is 0. The van der Waals surface area contributed by atoms with E-state index in [1.54, 1.807) is 5.57 Å². The topological polar surface area (TPSA) is 0 Å². The van der Waals surface area contributed by atoms with Gasteiger partial charge >= 0.3 is 21.1 Å². The predicted molar refractivity (Wildman–Crippen MR) is 63.4 cm³/mol. The quantitative estimate of drug-likeness (QED) is 0.464. The van der Waals surface area contributed by atoms with E-state index in [0.717, 1.165) is 5.92 Å². The molecule has 0 saturated heterocycles. The molecule has 0 aromatic rings. The van der Waals surface area contributed by atoms with Gasteiger partial charge in [0.2, 0.25) is 0 Å². The molecule has 0 unspecified atom stereocenters. The third kappa shape index (κ3) is 7.56. The zero-order valence-corrected chi connectivity index (χ0v) is 12.2. The third-order valence-corrected chi connectivity index (χ3v) is 2.25. The molecular weight excluding hydrogens is 351 g/mol. The van der Waals surface area contributed by atoms with Gasteiger partial charge in [0.15, 0.2) is 0 Å². The zero-order valence-electron chi connectivity index (χ0n) is 9.95. The second kappa shape index (κ2) is 11.2. The summed E-state index contributed by atoms with van der Waals surface area (Å²) in [4.78, 5) is 0. The molecule has 1 heteroatoms. The molecule has 0 spiro atoms. The van der Waals surface area contributed by atoms with E-state index in [2.05, 4.69) is 32.1 Å². The molecule has 0 saturated carbocycles. The van der Waals surface area contributed by atoms with Crippen molar-refractivity contribution < 1.29 is 21.1 Å². The van der Waals surface area contributed by atoms with Gasteiger partial charge in [-0.3, -0.25) is 0 Å². The Kier molecular flexibility index (Phi) is 15.8. The maximum absolute atomic E-state index is 2.42. The molecule has 0 fully saturated rings. The minimum Gasteiger partial charge on any atom is -0.358 e. The fraction of sp³-hybridized carbons (Fsp3) is 0.538. The second-order valence-corrected chi connectivity index (χ2v) is 3.52. The van der Waals surface area contributed by atoms with E-state index in [4.69, 9.17) is 0 Å². The molecule has 1 aliphatic rings. The molecule has 1 rings (SSSR count). The fourth-order valence-corrected chi connectivity index (χ4v) is 1.48. The van der Waals surface area contributed by atoms with Crippen LogP contribution in [0, 0.1) is 20.8 Å². The molecule has 0 aromatic heterocycles. The molecule has 0 aromatic carbocycles. The van der Waals surface area contributed by atoms with Crippen LogP contribution in [-0.4, -0.2) is 0 Å². The maximum Gasteiger partial charge on any atom is 2.00 e. The Morgan fingerprint density at radius 2 is 1.57 bits per heavy atom. The first-order valence-corrected chi connectivity index (χ1v) is 4.64. The van der Waals surface area contributed by atoms with Crippen molar-refractivity contribution in [3.8, 4) is 0 Å². The van der Waals surface area contributed by atoms with E-state index >= 15 is 0 Å². The summed E-state index contributed by atoms with van der Waals surface area (Å²) in [5, 5.41) is 0. The Labute approximate surface area is 105 Å². The minimum atomic E-state index is 0. The van der Waals surface area contributed by atoms with Crippen LogP contribution in [0.2, 0.25) is 0 Å². The Morgan fingerprint density at radius 3 is 2.14 bits per heavy atom. The number of allylic oxidation sites excluding steroid dienone is 4. The van der Waals surface area contributed by atoms with Crippen LogP contribution >= 0.6 is 0 Å². The van der Waals surface area contributed by atoms with E-state index in [1.807, 2.05) is 0 Å². The standard InChI is InChI=1S/C11H18.2CH3.Pt/c1-10(2)11-8-6-4-3-5-7-9-11;;;/h3-4,9-10H,5-8H2,1-2H3;2*1H3;/q;2*-1;+2/b4-3-,11-9+;;;. The molecule has 0 radical (unpaired) electrons. The predicted octanol–water partition coefficient (Wildman–Crippen LogP) is 4.60. The fourth-order valence-electron chi connectivity index (χ4n) is 1.48. The van der Waals surface area contributed by atoms with Gasteiger partial charge in [0.05, 0.1) is 0 Å². The molecule has 14 heavy (non-hydrogen) atoms. The van der Waals surface area contributed by atoms with Crippen molar-refractivity contribution in [3.63, 3.8) is 0 Å². The summed E-state index contributed by atoms with van der Waals surface area (Å²) >= 11 is 0. The summed E-state index contributed by atoms with van der Waals surface area (Å²) in [6.45, 7) is 4.58. The van der Waals surface area contributed by atoms with Crippen LogP contribution in [-0.2, 0) is 21.1 Å². The van der Waals surface area contributed by atoms with Gasteiger partial charge in [-0.05, 0) is 31.6 Å². The molecule has 0 aliphatic heterocycles. The van der Waals surface area contributed by atoms with Crippen LogP contribution in [0.3, 0.4) is 0 Å². The van der Waals surface area contributed by atoms with E-state index in [0.29, 0.717) is 0 Å². The average Bonchev–Trinajstić information content (AvgIpc) is 1.84. The minimum absolute atomic E-state index is 0. The smallest absolute Gasteiger partial charge is 0.358 e. The van der Waals surface area contributed by atoms with E-state index in [9.17, 15) is 0 Å². The van der Waals surface area contributed by atoms with Crippen LogP contribution in [0.5, 0.6) is 0 Å². The molecule has 0 bridgehead atoms. The van der Waals surface area contributed by atoms with Crippen LogP contribution in [0.25, 0.3) is 0 Å². The monoisotopic (exact) mass is 375 g/mol. The number of hydrogen-bond donors (Lipinski definition) is 0. The first-order chi connectivity index (χ1) is 5.30. The van der Waals surface area contributed by atoms with Crippen molar-refractivity contribution in [2.45, 2.75) is 39.5 Å². The van der Waals surface area contributed by atoms with Gasteiger partial charge in [0.1, 0.15) is 0 Å². The Hall–Kier alpha value is 0.168. The normalized spacial score (nSPS) is 21.2. The van der Waals surface area contributed by atoms with E-state index in [-0.39, 0.29) is 35.9 Å². The van der Waals surface area contributed by atoms with Gasteiger partial charge in [0.25, 0.3) is 0 Å². The maximum atomic E-state index is 2.42. The van der Waals surface area contributed by atoms with Crippen LogP contribution in [0.15, 0.2) is 23.8 Å². The molecule has 86 valence electrons. The summed E-state index contributed by atoms with van der Waals surface area (Å²) in [5.41, 5.74) is 1.65. The van der Waals surface area contributed by atoms with E-state index in [1.165, 1.54) is 25.7 Å². The van der Waals surface area contributed by atoms with Gasteiger partial charge in [-0.2, -0.15) is 0 Å². The first kappa shape index (κ1) is 19.7. The number of hydrogen-bond acceptors (Lipinski definition) is 0.